The molecule has 3 aromatic rings. The summed E-state index contributed by atoms with van der Waals surface area (Å²) in [4.78, 5) is 25.1. The summed E-state index contributed by atoms with van der Waals surface area (Å²) in [5.41, 5.74) is 9.60. The first-order chi connectivity index (χ1) is 17.5. The van der Waals surface area contributed by atoms with Crippen LogP contribution in [0.1, 0.15) is 21.6 Å². The maximum absolute atomic E-state index is 13.0. The van der Waals surface area contributed by atoms with Crippen LogP contribution >= 0.6 is 11.3 Å². The van der Waals surface area contributed by atoms with Crippen LogP contribution in [0.2, 0.25) is 0 Å². The van der Waals surface area contributed by atoms with E-state index in [1.54, 1.807) is 11.3 Å². The van der Waals surface area contributed by atoms with Crippen molar-refractivity contribution in [2.24, 2.45) is 15.7 Å². The number of nitrogens with one attached hydrogen (secondary N) is 2. The van der Waals surface area contributed by atoms with Crippen molar-refractivity contribution in [2.45, 2.75) is 13.1 Å². The molecular weight excluding hydrogens is 476 g/mol. The Morgan fingerprint density at radius 3 is 2.69 bits per heavy atom. The lowest BCUT2D eigenvalue weighted by Crippen LogP contribution is -2.36. The van der Waals surface area contributed by atoms with E-state index in [0.29, 0.717) is 30.2 Å². The van der Waals surface area contributed by atoms with Gasteiger partial charge in [0.15, 0.2) is 0 Å². The molecule has 1 atom stereocenters. The van der Waals surface area contributed by atoms with Crippen LogP contribution < -0.4 is 16.0 Å². The second kappa shape index (κ2) is 10.3. The lowest BCUT2D eigenvalue weighted by atomic mass is 10.0. The summed E-state index contributed by atoms with van der Waals surface area (Å²) in [5.74, 6) is -0.571. The molecular formula is C26H26N6O3S. The molecule has 9 nitrogen and oxygen atoms in total. The molecule has 0 aliphatic carbocycles. The quantitative estimate of drug-likeness (QED) is 0.373. The molecule has 5 rings (SSSR count). The molecule has 2 aliphatic heterocycles. The summed E-state index contributed by atoms with van der Waals surface area (Å²) in [6, 6.07) is 18.6. The number of rotatable bonds is 4. The summed E-state index contributed by atoms with van der Waals surface area (Å²) >= 11 is 1.59. The van der Waals surface area contributed by atoms with E-state index in [1.807, 2.05) is 67.6 Å². The number of amides is 1. The number of nitrogens with zero attached hydrogens (tertiary/aromatic N) is 3. The number of benzodiazepines with no additional fused rings is 1. The van der Waals surface area contributed by atoms with E-state index in [-0.39, 0.29) is 11.9 Å². The third-order valence-corrected chi connectivity index (χ3v) is 6.92. The summed E-state index contributed by atoms with van der Waals surface area (Å²) in [7, 11) is 0. The van der Waals surface area contributed by atoms with Gasteiger partial charge in [0.05, 0.1) is 30.2 Å². The molecule has 0 bridgehead atoms. The van der Waals surface area contributed by atoms with Crippen LogP contribution in [-0.2, 0) is 14.3 Å². The van der Waals surface area contributed by atoms with Gasteiger partial charge in [-0.25, -0.2) is 4.99 Å². The van der Waals surface area contributed by atoms with Crippen molar-refractivity contribution in [3.05, 3.63) is 82.2 Å². The van der Waals surface area contributed by atoms with Gasteiger partial charge in [-0.05, 0) is 19.1 Å². The molecule has 2 aromatic carbocycles. The lowest BCUT2D eigenvalue weighted by Gasteiger charge is -2.28. The molecule has 0 saturated carbocycles. The van der Waals surface area contributed by atoms with Crippen LogP contribution in [0.25, 0.3) is 0 Å². The molecule has 10 heteroatoms. The average Bonchev–Trinajstić information content (AvgIpc) is 3.23. The van der Waals surface area contributed by atoms with Gasteiger partial charge in [-0.15, -0.1) is 11.3 Å². The highest BCUT2D eigenvalue weighted by Crippen LogP contribution is 2.32. The number of morpholine rings is 1. The number of carbonyl (C=O) groups is 1. The van der Waals surface area contributed by atoms with Gasteiger partial charge < -0.3 is 25.4 Å². The van der Waals surface area contributed by atoms with Crippen LogP contribution in [0.3, 0.4) is 0 Å². The zero-order valence-electron chi connectivity index (χ0n) is 19.7. The molecule has 0 spiro atoms. The third kappa shape index (κ3) is 5.00. The van der Waals surface area contributed by atoms with Crippen LogP contribution in [0.15, 0.2) is 70.6 Å². The van der Waals surface area contributed by atoms with Gasteiger partial charge in [0.25, 0.3) is 11.9 Å². The van der Waals surface area contributed by atoms with Gasteiger partial charge in [0, 0.05) is 29.1 Å². The summed E-state index contributed by atoms with van der Waals surface area (Å²) in [6.45, 7) is 4.73. The van der Waals surface area contributed by atoms with Crippen molar-refractivity contribution < 1.29 is 14.3 Å². The number of benzene rings is 2. The number of hydrogen-bond donors (Lipinski definition) is 3. The molecule has 1 aromatic heterocycles. The number of aryl methyl sites for hydroxylation is 1. The fraction of sp³-hybridized carbons (Fsp3) is 0.231. The fourth-order valence-corrected chi connectivity index (χ4v) is 5.19. The Balaban J connectivity index is 1.42. The first-order valence-electron chi connectivity index (χ1n) is 11.6. The van der Waals surface area contributed by atoms with E-state index < -0.39 is 12.1 Å². The SMILES string of the molecule is Cc1cc(C(=N)OC(N)=N[C@H]2N=C(c3ccccc3)c3ccccc3NC2=O)c(N2CCOCC2)s1. The van der Waals surface area contributed by atoms with Crippen LogP contribution in [0.5, 0.6) is 0 Å². The number of hydrogen-bond acceptors (Lipinski definition) is 8. The number of amidine groups is 1. The Hall–Kier alpha value is -4.02. The number of para-hydroxylation sites is 1. The van der Waals surface area contributed by atoms with E-state index in [2.05, 4.69) is 20.2 Å². The molecule has 0 radical (unpaired) electrons. The van der Waals surface area contributed by atoms with Crippen LogP contribution in [0, 0.1) is 12.3 Å². The number of thiophene rings is 1. The van der Waals surface area contributed by atoms with Gasteiger partial charge in [0.1, 0.15) is 5.00 Å². The highest BCUT2D eigenvalue weighted by atomic mass is 32.1. The zero-order chi connectivity index (χ0) is 25.1. The summed E-state index contributed by atoms with van der Waals surface area (Å²) in [6.07, 6.45) is -1.18. The minimum absolute atomic E-state index is 0.133. The smallest absolute Gasteiger partial charge is 0.291 e. The average molecular weight is 503 g/mol. The molecule has 1 saturated heterocycles. The van der Waals surface area contributed by atoms with Crippen molar-refractivity contribution >= 4 is 45.6 Å². The summed E-state index contributed by atoms with van der Waals surface area (Å²) in [5, 5.41) is 12.4. The molecule has 1 amide bonds. The minimum Gasteiger partial charge on any atom is -0.407 e. The molecule has 1 fully saturated rings. The molecule has 4 N–H and O–H groups in total. The molecule has 36 heavy (non-hydrogen) atoms. The van der Waals surface area contributed by atoms with Crippen LogP contribution in [-0.4, -0.2) is 56.0 Å². The van der Waals surface area contributed by atoms with Crippen LogP contribution in [0.4, 0.5) is 10.7 Å². The molecule has 0 unspecified atom stereocenters. The van der Waals surface area contributed by atoms with Gasteiger partial charge >= 0.3 is 0 Å². The maximum Gasteiger partial charge on any atom is 0.291 e. The predicted molar refractivity (Wildman–Crippen MR) is 143 cm³/mol. The highest BCUT2D eigenvalue weighted by Gasteiger charge is 2.27. The standard InChI is InChI=1S/C26H26N6O3S/c1-16-15-19(25(36-16)32-11-13-34-14-12-32)22(27)35-26(28)31-23-24(33)29-20-10-6-5-9-18(20)21(30-23)17-7-3-2-4-8-17/h2-10,15,23,27H,11-14H2,1H3,(H2,28,31)(H,29,33)/t23-/m1/s1. The number of nitrogens with two attached hydrogens (primary N) is 1. The van der Waals surface area contributed by atoms with E-state index in [1.165, 1.54) is 0 Å². The van der Waals surface area contributed by atoms with E-state index >= 15 is 0 Å². The second-order valence-corrected chi connectivity index (χ2v) is 9.56. The van der Waals surface area contributed by atoms with Gasteiger partial charge in [-0.2, -0.15) is 4.99 Å². The normalized spacial score (nSPS) is 18.1. The molecule has 2 aliphatic rings. The van der Waals surface area contributed by atoms with Gasteiger partial charge in [0.2, 0.25) is 12.1 Å². The van der Waals surface area contributed by atoms with Crippen molar-refractivity contribution in [3.63, 3.8) is 0 Å². The summed E-state index contributed by atoms with van der Waals surface area (Å²) < 4.78 is 11.1. The van der Waals surface area contributed by atoms with Crippen molar-refractivity contribution in [1.82, 2.24) is 0 Å². The second-order valence-electron chi connectivity index (χ2n) is 8.33. The number of ether oxygens (including phenoxy) is 2. The van der Waals surface area contributed by atoms with E-state index in [4.69, 9.17) is 20.6 Å². The number of anilines is 2. The number of fused-ring (bicyclic) bond motifs is 1. The molecule has 184 valence electrons. The maximum atomic E-state index is 13.0. The largest absolute Gasteiger partial charge is 0.407 e. The molecule has 3 heterocycles. The first-order valence-corrected chi connectivity index (χ1v) is 12.4. The van der Waals surface area contributed by atoms with Gasteiger partial charge in [-0.1, -0.05) is 48.5 Å². The first kappa shape index (κ1) is 23.7. The Morgan fingerprint density at radius 1 is 1.19 bits per heavy atom. The van der Waals surface area contributed by atoms with Crippen molar-refractivity contribution in [3.8, 4) is 0 Å². The third-order valence-electron chi connectivity index (χ3n) is 5.81. The zero-order valence-corrected chi connectivity index (χ0v) is 20.5. The fourth-order valence-electron chi connectivity index (χ4n) is 4.13. The minimum atomic E-state index is -1.18. The van der Waals surface area contributed by atoms with E-state index in [0.717, 1.165) is 34.1 Å². The lowest BCUT2D eigenvalue weighted by molar-refractivity contribution is -0.117. The Labute approximate surface area is 212 Å². The Morgan fingerprint density at radius 2 is 1.92 bits per heavy atom. The number of carbonyl (C=O) groups excluding carboxylic acids is 1. The van der Waals surface area contributed by atoms with Gasteiger partial charge in [-0.3, -0.25) is 10.2 Å². The Bertz CT molecular complexity index is 1340. The van der Waals surface area contributed by atoms with E-state index in [9.17, 15) is 4.79 Å². The van der Waals surface area contributed by atoms with Crippen molar-refractivity contribution in [1.29, 1.82) is 5.41 Å². The predicted octanol–water partition coefficient (Wildman–Crippen LogP) is 3.37. The highest BCUT2D eigenvalue weighted by molar-refractivity contribution is 7.16. The van der Waals surface area contributed by atoms with Crippen molar-refractivity contribution in [2.75, 3.05) is 36.5 Å². The topological polar surface area (TPSA) is 125 Å². The number of aliphatic imine (C=N–C) groups is 2. The monoisotopic (exact) mass is 502 g/mol. The Kier molecular flexibility index (Phi) is 6.79.